The highest BCUT2D eigenvalue weighted by Gasteiger charge is 2.35. The third-order valence-corrected chi connectivity index (χ3v) is 4.75. The van der Waals surface area contributed by atoms with Gasteiger partial charge in [0.1, 0.15) is 17.2 Å². The molecular weight excluding hydrogens is 374 g/mol. The van der Waals surface area contributed by atoms with Crippen molar-refractivity contribution in [1.29, 1.82) is 0 Å². The molecule has 0 aliphatic rings. The summed E-state index contributed by atoms with van der Waals surface area (Å²) in [5.74, 6) is 0.689. The number of alkyl halides is 2. The fourth-order valence-corrected chi connectivity index (χ4v) is 2.99. The van der Waals surface area contributed by atoms with Gasteiger partial charge in [-0.15, -0.1) is 0 Å². The van der Waals surface area contributed by atoms with Crippen molar-refractivity contribution in [3.63, 3.8) is 0 Å². The minimum Gasteiger partial charge on any atom is -0.507 e. The molecular formula is C24H32F2O3. The standard InChI is InChI=1S/C24H32F2O3/c1-7-8-13-28-18-11-9-17(10-12-18)24(25,26)29-19-14-20(16(2)3)22(27)21(15-19)23(4,5)6/h9-12,14-16,27H,7-8,13H2,1-6H3. The van der Waals surface area contributed by atoms with Crippen LogP contribution in [0.15, 0.2) is 36.4 Å². The Hall–Kier alpha value is -2.30. The molecule has 0 saturated heterocycles. The van der Waals surface area contributed by atoms with Crippen LogP contribution in [0.4, 0.5) is 8.78 Å². The molecule has 1 N–H and O–H groups in total. The second-order valence-electron chi connectivity index (χ2n) is 8.66. The van der Waals surface area contributed by atoms with Gasteiger partial charge in [-0.05, 0) is 54.2 Å². The first-order chi connectivity index (χ1) is 13.5. The number of aromatic hydroxyl groups is 1. The summed E-state index contributed by atoms with van der Waals surface area (Å²) in [6.45, 7) is 12.2. The van der Waals surface area contributed by atoms with Crippen LogP contribution in [0.5, 0.6) is 17.2 Å². The zero-order valence-corrected chi connectivity index (χ0v) is 18.2. The quantitative estimate of drug-likeness (QED) is 0.474. The summed E-state index contributed by atoms with van der Waals surface area (Å²) in [7, 11) is 0. The molecule has 0 heterocycles. The van der Waals surface area contributed by atoms with Crippen LogP contribution in [0.3, 0.4) is 0 Å². The average Bonchev–Trinajstić information content (AvgIpc) is 2.62. The average molecular weight is 407 g/mol. The lowest BCUT2D eigenvalue weighted by Crippen LogP contribution is -2.22. The van der Waals surface area contributed by atoms with Crippen molar-refractivity contribution < 1.29 is 23.4 Å². The number of ether oxygens (including phenoxy) is 2. The molecule has 5 heteroatoms. The zero-order chi connectivity index (χ0) is 21.8. The molecule has 3 nitrogen and oxygen atoms in total. The van der Waals surface area contributed by atoms with Crippen molar-refractivity contribution in [2.24, 2.45) is 0 Å². The van der Waals surface area contributed by atoms with Crippen LogP contribution in [-0.2, 0) is 11.5 Å². The molecule has 0 aliphatic heterocycles. The van der Waals surface area contributed by atoms with E-state index in [-0.39, 0.29) is 23.0 Å². The predicted octanol–water partition coefficient (Wildman–Crippen LogP) is 7.12. The molecule has 0 aromatic heterocycles. The summed E-state index contributed by atoms with van der Waals surface area (Å²) >= 11 is 0. The van der Waals surface area contributed by atoms with Crippen molar-refractivity contribution in [1.82, 2.24) is 0 Å². The second-order valence-corrected chi connectivity index (χ2v) is 8.66. The maximum Gasteiger partial charge on any atom is 0.426 e. The van der Waals surface area contributed by atoms with E-state index in [1.807, 2.05) is 34.6 Å². The topological polar surface area (TPSA) is 38.7 Å². The van der Waals surface area contributed by atoms with Crippen molar-refractivity contribution in [2.75, 3.05) is 6.61 Å². The van der Waals surface area contributed by atoms with E-state index in [9.17, 15) is 13.9 Å². The highest BCUT2D eigenvalue weighted by molar-refractivity contribution is 5.50. The molecule has 29 heavy (non-hydrogen) atoms. The van der Waals surface area contributed by atoms with Gasteiger partial charge >= 0.3 is 6.11 Å². The summed E-state index contributed by atoms with van der Waals surface area (Å²) in [6.07, 6.45) is -1.59. The molecule has 2 rings (SSSR count). The number of halogens is 2. The van der Waals surface area contributed by atoms with Crippen molar-refractivity contribution in [3.8, 4) is 17.2 Å². The van der Waals surface area contributed by atoms with Gasteiger partial charge in [0.2, 0.25) is 0 Å². The van der Waals surface area contributed by atoms with E-state index < -0.39 is 11.5 Å². The summed E-state index contributed by atoms with van der Waals surface area (Å²) in [6, 6.07) is 8.67. The van der Waals surface area contributed by atoms with Gasteiger partial charge in [0.15, 0.2) is 0 Å². The molecule has 160 valence electrons. The Morgan fingerprint density at radius 3 is 2.14 bits per heavy atom. The van der Waals surface area contributed by atoms with E-state index in [0.29, 0.717) is 23.5 Å². The second kappa shape index (κ2) is 9.02. The number of benzene rings is 2. The Morgan fingerprint density at radius 2 is 1.62 bits per heavy atom. The summed E-state index contributed by atoms with van der Waals surface area (Å²) in [5.41, 5.74) is 0.494. The SMILES string of the molecule is CCCCOc1ccc(C(F)(F)Oc2cc(C(C)C)c(O)c(C(C)(C)C)c2)cc1. The van der Waals surface area contributed by atoms with Gasteiger partial charge in [-0.3, -0.25) is 0 Å². The molecule has 0 fully saturated rings. The first kappa shape index (κ1) is 23.0. The third kappa shape index (κ3) is 5.84. The van der Waals surface area contributed by atoms with Gasteiger partial charge in [-0.25, -0.2) is 0 Å². The van der Waals surface area contributed by atoms with Crippen LogP contribution in [0.2, 0.25) is 0 Å². The van der Waals surface area contributed by atoms with Crippen molar-refractivity contribution >= 4 is 0 Å². The summed E-state index contributed by atoms with van der Waals surface area (Å²) < 4.78 is 40.3. The number of hydrogen-bond acceptors (Lipinski definition) is 3. The van der Waals surface area contributed by atoms with Crippen molar-refractivity contribution in [2.45, 2.75) is 71.8 Å². The van der Waals surface area contributed by atoms with Crippen LogP contribution in [0.25, 0.3) is 0 Å². The largest absolute Gasteiger partial charge is 0.507 e. The van der Waals surface area contributed by atoms with Crippen molar-refractivity contribution in [3.05, 3.63) is 53.1 Å². The lowest BCUT2D eigenvalue weighted by molar-refractivity contribution is -0.185. The Morgan fingerprint density at radius 1 is 1.00 bits per heavy atom. The van der Waals surface area contributed by atoms with Crippen LogP contribution in [-0.4, -0.2) is 11.7 Å². The van der Waals surface area contributed by atoms with Gasteiger partial charge in [-0.1, -0.05) is 48.0 Å². The Kier molecular flexibility index (Phi) is 7.15. The molecule has 2 aromatic carbocycles. The Labute approximate surface area is 172 Å². The van der Waals surface area contributed by atoms with E-state index in [0.717, 1.165) is 12.8 Å². The van der Waals surface area contributed by atoms with Crippen LogP contribution >= 0.6 is 0 Å². The first-order valence-corrected chi connectivity index (χ1v) is 10.1. The molecule has 0 unspecified atom stereocenters. The first-order valence-electron chi connectivity index (χ1n) is 10.1. The van der Waals surface area contributed by atoms with Gasteiger partial charge < -0.3 is 14.6 Å². The summed E-state index contributed by atoms with van der Waals surface area (Å²) in [4.78, 5) is 0. The molecule has 0 aliphatic carbocycles. The van der Waals surface area contributed by atoms with E-state index >= 15 is 0 Å². The number of rotatable bonds is 8. The molecule has 0 spiro atoms. The number of unbranched alkanes of at least 4 members (excludes halogenated alkanes) is 1. The van der Waals surface area contributed by atoms with Crippen LogP contribution in [0, 0.1) is 0 Å². The monoisotopic (exact) mass is 406 g/mol. The highest BCUT2D eigenvalue weighted by Crippen LogP contribution is 2.42. The Bertz CT molecular complexity index is 806. The fraction of sp³-hybridized carbons (Fsp3) is 0.500. The van der Waals surface area contributed by atoms with E-state index in [1.54, 1.807) is 0 Å². The number of phenolic OH excluding ortho intramolecular Hbond substituents is 1. The normalized spacial score (nSPS) is 12.3. The number of hydrogen-bond donors (Lipinski definition) is 1. The van der Waals surface area contributed by atoms with Gasteiger partial charge in [0, 0.05) is 11.1 Å². The Balaban J connectivity index is 2.30. The minimum atomic E-state index is -3.51. The molecule has 0 bridgehead atoms. The molecule has 0 saturated carbocycles. The predicted molar refractivity (Wildman–Crippen MR) is 112 cm³/mol. The van der Waals surface area contributed by atoms with Gasteiger partial charge in [0.25, 0.3) is 0 Å². The third-order valence-electron chi connectivity index (χ3n) is 4.75. The fourth-order valence-electron chi connectivity index (χ4n) is 2.99. The molecule has 2 aromatic rings. The zero-order valence-electron chi connectivity index (χ0n) is 18.2. The van der Waals surface area contributed by atoms with Crippen LogP contribution in [0.1, 0.15) is 77.0 Å². The van der Waals surface area contributed by atoms with Crippen LogP contribution < -0.4 is 9.47 Å². The lowest BCUT2D eigenvalue weighted by atomic mass is 9.83. The summed E-state index contributed by atoms with van der Waals surface area (Å²) in [5, 5.41) is 10.6. The maximum absolute atomic E-state index is 14.8. The molecule has 0 amide bonds. The minimum absolute atomic E-state index is 0.0321. The van der Waals surface area contributed by atoms with E-state index in [2.05, 4.69) is 6.92 Å². The van der Waals surface area contributed by atoms with E-state index in [4.69, 9.17) is 9.47 Å². The lowest BCUT2D eigenvalue weighted by Gasteiger charge is -2.26. The number of phenols is 1. The highest BCUT2D eigenvalue weighted by atomic mass is 19.3. The van der Waals surface area contributed by atoms with Gasteiger partial charge in [-0.2, -0.15) is 8.78 Å². The maximum atomic E-state index is 14.8. The van der Waals surface area contributed by atoms with E-state index in [1.165, 1.54) is 36.4 Å². The van der Waals surface area contributed by atoms with Gasteiger partial charge in [0.05, 0.1) is 12.2 Å². The molecule has 0 atom stereocenters. The smallest absolute Gasteiger partial charge is 0.426 e. The molecule has 0 radical (unpaired) electrons.